The summed E-state index contributed by atoms with van der Waals surface area (Å²) in [4.78, 5) is 21.0. The zero-order valence-corrected chi connectivity index (χ0v) is 5.81. The van der Waals surface area contributed by atoms with Crippen LogP contribution in [-0.4, -0.2) is 18.4 Å². The number of carbonyl (C=O) groups excluding carboxylic acids is 2. The summed E-state index contributed by atoms with van der Waals surface area (Å²) in [7, 11) is 0. The Balaban J connectivity index is 3.47. The van der Waals surface area contributed by atoms with E-state index in [0.29, 0.717) is 6.54 Å². The topological polar surface area (TPSA) is 84.2 Å². The minimum atomic E-state index is -0.481. The Morgan fingerprint density at radius 2 is 2.00 bits per heavy atom. The molecule has 0 unspecified atom stereocenters. The Kier molecular flexibility index (Phi) is 4.23. The highest BCUT2D eigenvalue weighted by atomic mass is 16.2. The maximum absolute atomic E-state index is 10.6. The molecule has 5 nitrogen and oxygen atoms in total. The number of nitrogens with one attached hydrogen (secondary N) is 2. The molecule has 5 heteroatoms. The van der Waals surface area contributed by atoms with Gasteiger partial charge in [0.25, 0.3) is 0 Å². The lowest BCUT2D eigenvalue weighted by Gasteiger charge is -1.99. The minimum absolute atomic E-state index is 0.204. The van der Waals surface area contributed by atoms with E-state index in [1.165, 1.54) is 0 Å². The first-order valence-corrected chi connectivity index (χ1v) is 2.96. The molecule has 0 aromatic heterocycles. The molecule has 0 bridgehead atoms. The highest BCUT2D eigenvalue weighted by Gasteiger charge is 2.04. The average Bonchev–Trinajstić information content (AvgIpc) is 1.88. The molecule has 58 valence electrons. The van der Waals surface area contributed by atoms with Gasteiger partial charge in [-0.15, -0.1) is 0 Å². The van der Waals surface area contributed by atoms with Gasteiger partial charge in [0.2, 0.25) is 11.8 Å². The van der Waals surface area contributed by atoms with E-state index in [2.05, 4.69) is 5.32 Å². The van der Waals surface area contributed by atoms with Crippen LogP contribution in [0.2, 0.25) is 0 Å². The quantitative estimate of drug-likeness (QED) is 0.195. The Morgan fingerprint density at radius 1 is 1.40 bits per heavy atom. The smallest absolute Gasteiger partial charge is 0.243 e. The fourth-order valence-corrected chi connectivity index (χ4v) is 0.457. The zero-order chi connectivity index (χ0) is 7.98. The Bertz CT molecular complexity index is 135. The normalized spacial score (nSPS) is 8.60. The predicted molar refractivity (Wildman–Crippen MR) is 35.6 cm³/mol. The van der Waals surface area contributed by atoms with Crippen LogP contribution in [0.5, 0.6) is 0 Å². The van der Waals surface area contributed by atoms with Crippen molar-refractivity contribution in [2.24, 2.45) is 5.84 Å². The summed E-state index contributed by atoms with van der Waals surface area (Å²) in [6.45, 7) is 2.30. The molecule has 0 saturated carbocycles. The number of amides is 2. The van der Waals surface area contributed by atoms with Crippen LogP contribution in [0.3, 0.4) is 0 Å². The van der Waals surface area contributed by atoms with E-state index in [1.54, 1.807) is 6.92 Å². The molecule has 4 N–H and O–H groups in total. The van der Waals surface area contributed by atoms with E-state index >= 15 is 0 Å². The molecule has 0 fully saturated rings. The van der Waals surface area contributed by atoms with Gasteiger partial charge >= 0.3 is 0 Å². The summed E-state index contributed by atoms with van der Waals surface area (Å²) in [5.41, 5.74) is 1.85. The van der Waals surface area contributed by atoms with Crippen LogP contribution in [0.4, 0.5) is 0 Å². The van der Waals surface area contributed by atoms with Gasteiger partial charge in [0.05, 0.1) is 0 Å². The van der Waals surface area contributed by atoms with Gasteiger partial charge in [0.15, 0.2) is 0 Å². The molecule has 0 aromatic rings. The summed E-state index contributed by atoms with van der Waals surface area (Å²) < 4.78 is 0. The van der Waals surface area contributed by atoms with Crippen LogP contribution in [-0.2, 0) is 9.59 Å². The summed E-state index contributed by atoms with van der Waals surface area (Å²) >= 11 is 0. The van der Waals surface area contributed by atoms with Crippen molar-refractivity contribution in [3.05, 3.63) is 0 Å². The second-order valence-corrected chi connectivity index (χ2v) is 1.70. The number of nitrogens with two attached hydrogens (primary N) is 1. The number of rotatable bonds is 3. The maximum atomic E-state index is 10.6. The first-order valence-electron chi connectivity index (χ1n) is 2.96. The first kappa shape index (κ1) is 8.90. The Hall–Kier alpha value is -1.10. The molecule has 10 heavy (non-hydrogen) atoms. The molecule has 0 aliphatic carbocycles. The monoisotopic (exact) mass is 145 g/mol. The SMILES string of the molecule is CCNC(=O)CC(=O)NN. The number of hydrogen-bond acceptors (Lipinski definition) is 3. The van der Waals surface area contributed by atoms with Gasteiger partial charge in [-0.1, -0.05) is 0 Å². The molecule has 0 heterocycles. The second kappa shape index (κ2) is 4.75. The van der Waals surface area contributed by atoms with Crippen molar-refractivity contribution in [1.82, 2.24) is 10.7 Å². The lowest BCUT2D eigenvalue weighted by Crippen LogP contribution is -2.35. The molecule has 0 atom stereocenters. The molecule has 0 rings (SSSR count). The lowest BCUT2D eigenvalue weighted by atomic mass is 10.4. The van der Waals surface area contributed by atoms with Crippen molar-refractivity contribution in [2.75, 3.05) is 6.54 Å². The predicted octanol–water partition coefficient (Wildman–Crippen LogP) is -1.50. The molecule has 0 aliphatic rings. The van der Waals surface area contributed by atoms with Gasteiger partial charge in [-0.05, 0) is 6.92 Å². The Morgan fingerprint density at radius 3 is 2.40 bits per heavy atom. The van der Waals surface area contributed by atoms with Gasteiger partial charge in [0.1, 0.15) is 6.42 Å². The molecule has 0 spiro atoms. The third-order valence-electron chi connectivity index (χ3n) is 0.856. The largest absolute Gasteiger partial charge is 0.356 e. The van der Waals surface area contributed by atoms with Crippen molar-refractivity contribution in [1.29, 1.82) is 0 Å². The molecular formula is C5H11N3O2. The molecule has 0 radical (unpaired) electrons. The van der Waals surface area contributed by atoms with Gasteiger partial charge < -0.3 is 5.32 Å². The minimum Gasteiger partial charge on any atom is -0.356 e. The van der Waals surface area contributed by atoms with Crippen LogP contribution in [0, 0.1) is 0 Å². The van der Waals surface area contributed by atoms with E-state index < -0.39 is 5.91 Å². The molecular weight excluding hydrogens is 134 g/mol. The van der Waals surface area contributed by atoms with Crippen molar-refractivity contribution in [3.8, 4) is 0 Å². The van der Waals surface area contributed by atoms with Gasteiger partial charge in [-0.25, -0.2) is 5.84 Å². The summed E-state index contributed by atoms with van der Waals surface area (Å²) in [5, 5.41) is 2.46. The van der Waals surface area contributed by atoms with E-state index in [1.807, 2.05) is 5.43 Å². The van der Waals surface area contributed by atoms with Crippen LogP contribution in [0.25, 0.3) is 0 Å². The van der Waals surface area contributed by atoms with E-state index in [4.69, 9.17) is 5.84 Å². The third-order valence-corrected chi connectivity index (χ3v) is 0.856. The van der Waals surface area contributed by atoms with Crippen LogP contribution >= 0.6 is 0 Å². The van der Waals surface area contributed by atoms with Gasteiger partial charge in [-0.2, -0.15) is 0 Å². The number of hydrogen-bond donors (Lipinski definition) is 3. The zero-order valence-electron chi connectivity index (χ0n) is 5.81. The van der Waals surface area contributed by atoms with E-state index in [-0.39, 0.29) is 12.3 Å². The summed E-state index contributed by atoms with van der Waals surface area (Å²) in [5.74, 6) is 3.94. The highest BCUT2D eigenvalue weighted by Crippen LogP contribution is 1.76. The second-order valence-electron chi connectivity index (χ2n) is 1.70. The van der Waals surface area contributed by atoms with Gasteiger partial charge in [0, 0.05) is 6.54 Å². The first-order chi connectivity index (χ1) is 4.70. The van der Waals surface area contributed by atoms with Crippen molar-refractivity contribution in [3.63, 3.8) is 0 Å². The molecule has 0 aliphatic heterocycles. The average molecular weight is 145 g/mol. The van der Waals surface area contributed by atoms with E-state index in [0.717, 1.165) is 0 Å². The lowest BCUT2D eigenvalue weighted by molar-refractivity contribution is -0.129. The number of carbonyl (C=O) groups is 2. The fourth-order valence-electron chi connectivity index (χ4n) is 0.457. The van der Waals surface area contributed by atoms with Crippen LogP contribution < -0.4 is 16.6 Å². The van der Waals surface area contributed by atoms with Crippen molar-refractivity contribution >= 4 is 11.8 Å². The highest BCUT2D eigenvalue weighted by molar-refractivity contribution is 5.96. The van der Waals surface area contributed by atoms with Crippen molar-refractivity contribution < 1.29 is 9.59 Å². The van der Waals surface area contributed by atoms with Gasteiger partial charge in [-0.3, -0.25) is 15.0 Å². The van der Waals surface area contributed by atoms with E-state index in [9.17, 15) is 9.59 Å². The summed E-state index contributed by atoms with van der Waals surface area (Å²) in [6, 6.07) is 0. The Labute approximate surface area is 58.9 Å². The molecule has 0 saturated heterocycles. The fraction of sp³-hybridized carbons (Fsp3) is 0.600. The van der Waals surface area contributed by atoms with Crippen molar-refractivity contribution in [2.45, 2.75) is 13.3 Å². The molecule has 2 amide bonds. The van der Waals surface area contributed by atoms with Crippen LogP contribution in [0.1, 0.15) is 13.3 Å². The number of hydrazine groups is 1. The van der Waals surface area contributed by atoms with Crippen LogP contribution in [0.15, 0.2) is 0 Å². The maximum Gasteiger partial charge on any atom is 0.243 e. The standard InChI is InChI=1S/C5H11N3O2/c1-2-7-4(9)3-5(10)8-6/h2-3,6H2,1H3,(H,7,9)(H,8,10). The molecule has 0 aromatic carbocycles. The third kappa shape index (κ3) is 3.85. The summed E-state index contributed by atoms with van der Waals surface area (Å²) in [6.07, 6.45) is -0.204.